The normalized spacial score (nSPS) is 15.5. The lowest BCUT2D eigenvalue weighted by atomic mass is 9.95. The lowest BCUT2D eigenvalue weighted by molar-refractivity contribution is -0.126. The maximum absolute atomic E-state index is 12.6. The van der Waals surface area contributed by atoms with Gasteiger partial charge in [-0.1, -0.05) is 24.3 Å². The molecule has 6 heteroatoms. The molecular weight excluding hydrogens is 342 g/mol. The molecule has 1 atom stereocenters. The number of benzene rings is 2. The summed E-state index contributed by atoms with van der Waals surface area (Å²) in [5.41, 5.74) is 2.99. The quantitative estimate of drug-likeness (QED) is 0.757. The molecule has 0 bridgehead atoms. The second kappa shape index (κ2) is 7.53. The minimum absolute atomic E-state index is 0.00652. The van der Waals surface area contributed by atoms with Gasteiger partial charge in [-0.2, -0.15) is 5.10 Å². The molecule has 0 unspecified atom stereocenters. The summed E-state index contributed by atoms with van der Waals surface area (Å²) in [6.07, 6.45) is 4.28. The smallest absolute Gasteiger partial charge is 0.227 e. The van der Waals surface area contributed by atoms with Crippen LogP contribution in [0.5, 0.6) is 11.5 Å². The first kappa shape index (κ1) is 17.1. The highest BCUT2D eigenvalue weighted by Gasteiger charge is 2.27. The first-order chi connectivity index (χ1) is 13.2. The van der Waals surface area contributed by atoms with E-state index >= 15 is 0 Å². The van der Waals surface area contributed by atoms with Gasteiger partial charge >= 0.3 is 0 Å². The molecule has 0 saturated heterocycles. The zero-order valence-corrected chi connectivity index (χ0v) is 15.1. The summed E-state index contributed by atoms with van der Waals surface area (Å²) in [6.45, 7) is 0.821. The van der Waals surface area contributed by atoms with Crippen LogP contribution in [0.25, 0.3) is 5.69 Å². The highest BCUT2D eigenvalue weighted by atomic mass is 16.5. The van der Waals surface area contributed by atoms with Crippen LogP contribution in [0.1, 0.15) is 11.1 Å². The van der Waals surface area contributed by atoms with Gasteiger partial charge in [0.05, 0.1) is 18.7 Å². The largest absolute Gasteiger partial charge is 0.493 e. The average molecular weight is 363 g/mol. The Morgan fingerprint density at radius 1 is 1.30 bits per heavy atom. The number of methoxy groups -OCH3 is 1. The summed E-state index contributed by atoms with van der Waals surface area (Å²) in [4.78, 5) is 12.6. The highest BCUT2D eigenvalue weighted by Crippen LogP contribution is 2.36. The predicted molar refractivity (Wildman–Crippen MR) is 101 cm³/mol. The van der Waals surface area contributed by atoms with E-state index < -0.39 is 0 Å². The summed E-state index contributed by atoms with van der Waals surface area (Å²) in [6, 6.07) is 15.6. The number of carbonyl (C=O) groups is 1. The fourth-order valence-electron chi connectivity index (χ4n) is 3.29. The summed E-state index contributed by atoms with van der Waals surface area (Å²) in [5, 5.41) is 7.26. The van der Waals surface area contributed by atoms with Crippen LogP contribution in [0, 0.1) is 5.92 Å². The maximum atomic E-state index is 12.6. The molecular formula is C21H21N3O3. The van der Waals surface area contributed by atoms with Crippen LogP contribution in [-0.2, 0) is 17.8 Å². The molecule has 2 aromatic carbocycles. The number of fused-ring (bicyclic) bond motifs is 1. The van der Waals surface area contributed by atoms with Gasteiger partial charge in [0.1, 0.15) is 6.61 Å². The van der Waals surface area contributed by atoms with Gasteiger partial charge in [0, 0.05) is 18.9 Å². The van der Waals surface area contributed by atoms with E-state index in [0.29, 0.717) is 25.3 Å². The van der Waals surface area contributed by atoms with Gasteiger partial charge < -0.3 is 14.8 Å². The van der Waals surface area contributed by atoms with Gasteiger partial charge in [0.2, 0.25) is 5.91 Å². The van der Waals surface area contributed by atoms with E-state index in [0.717, 1.165) is 22.6 Å². The van der Waals surface area contributed by atoms with Crippen LogP contribution in [0.15, 0.2) is 60.9 Å². The zero-order valence-electron chi connectivity index (χ0n) is 15.1. The van der Waals surface area contributed by atoms with Crippen LogP contribution in [-0.4, -0.2) is 29.4 Å². The molecule has 0 aliphatic carbocycles. The highest BCUT2D eigenvalue weighted by molar-refractivity contribution is 5.79. The third-order valence-corrected chi connectivity index (χ3v) is 4.69. The van der Waals surface area contributed by atoms with Crippen molar-refractivity contribution in [2.45, 2.75) is 13.0 Å². The van der Waals surface area contributed by atoms with Gasteiger partial charge in [-0.15, -0.1) is 0 Å². The summed E-state index contributed by atoms with van der Waals surface area (Å²) in [7, 11) is 1.62. The van der Waals surface area contributed by atoms with Crippen molar-refractivity contribution < 1.29 is 14.3 Å². The lowest BCUT2D eigenvalue weighted by Crippen LogP contribution is -2.37. The van der Waals surface area contributed by atoms with Crippen molar-refractivity contribution in [2.75, 3.05) is 13.7 Å². The van der Waals surface area contributed by atoms with Crippen LogP contribution in [0.2, 0.25) is 0 Å². The number of aromatic nitrogens is 2. The number of rotatable bonds is 5. The van der Waals surface area contributed by atoms with Crippen molar-refractivity contribution in [3.05, 3.63) is 72.1 Å². The minimum atomic E-state index is -0.209. The molecule has 2 heterocycles. The van der Waals surface area contributed by atoms with E-state index in [2.05, 4.69) is 10.4 Å². The molecule has 4 rings (SSSR count). The molecule has 1 amide bonds. The first-order valence-electron chi connectivity index (χ1n) is 8.90. The first-order valence-corrected chi connectivity index (χ1v) is 8.90. The molecule has 1 aliphatic rings. The van der Waals surface area contributed by atoms with Crippen LogP contribution in [0.4, 0.5) is 0 Å². The van der Waals surface area contributed by atoms with Crippen molar-refractivity contribution in [3.8, 4) is 17.2 Å². The van der Waals surface area contributed by atoms with Crippen molar-refractivity contribution in [1.82, 2.24) is 15.1 Å². The SMILES string of the molecule is COc1cccc2c1OC[C@@H](C(=O)NCc1cccc(-n3cccn3)c1)C2. The van der Waals surface area contributed by atoms with Crippen molar-refractivity contribution in [2.24, 2.45) is 5.92 Å². The second-order valence-electron chi connectivity index (χ2n) is 6.50. The molecule has 0 spiro atoms. The Kier molecular flexibility index (Phi) is 4.78. The molecule has 0 radical (unpaired) electrons. The number of hydrogen-bond donors (Lipinski definition) is 1. The number of ether oxygens (including phenoxy) is 2. The van der Waals surface area contributed by atoms with Gasteiger partial charge in [-0.25, -0.2) is 4.68 Å². The summed E-state index contributed by atoms with van der Waals surface area (Å²) in [5.74, 6) is 1.24. The molecule has 27 heavy (non-hydrogen) atoms. The zero-order chi connectivity index (χ0) is 18.6. The number of para-hydroxylation sites is 1. The van der Waals surface area contributed by atoms with Gasteiger partial charge in [-0.3, -0.25) is 4.79 Å². The number of amides is 1. The molecule has 1 aromatic heterocycles. The molecule has 6 nitrogen and oxygen atoms in total. The molecule has 0 saturated carbocycles. The van der Waals surface area contributed by atoms with E-state index in [1.807, 2.05) is 54.7 Å². The average Bonchev–Trinajstić information content (AvgIpc) is 3.26. The lowest BCUT2D eigenvalue weighted by Gasteiger charge is -2.25. The van der Waals surface area contributed by atoms with E-state index in [1.54, 1.807) is 18.0 Å². The number of nitrogens with one attached hydrogen (secondary N) is 1. The Balaban J connectivity index is 1.40. The third-order valence-electron chi connectivity index (χ3n) is 4.69. The molecule has 1 N–H and O–H groups in total. The van der Waals surface area contributed by atoms with Crippen LogP contribution in [0.3, 0.4) is 0 Å². The Morgan fingerprint density at radius 3 is 3.00 bits per heavy atom. The second-order valence-corrected chi connectivity index (χ2v) is 6.50. The van der Waals surface area contributed by atoms with Crippen molar-refractivity contribution in [3.63, 3.8) is 0 Å². The molecule has 138 valence electrons. The van der Waals surface area contributed by atoms with Crippen molar-refractivity contribution >= 4 is 5.91 Å². The Labute approximate surface area is 157 Å². The van der Waals surface area contributed by atoms with E-state index in [4.69, 9.17) is 9.47 Å². The molecule has 1 aliphatic heterocycles. The van der Waals surface area contributed by atoms with E-state index in [9.17, 15) is 4.79 Å². The van der Waals surface area contributed by atoms with Crippen LogP contribution >= 0.6 is 0 Å². The van der Waals surface area contributed by atoms with Crippen molar-refractivity contribution in [1.29, 1.82) is 0 Å². The van der Waals surface area contributed by atoms with Crippen LogP contribution < -0.4 is 14.8 Å². The monoisotopic (exact) mass is 363 g/mol. The van der Waals surface area contributed by atoms with Gasteiger partial charge in [0.15, 0.2) is 11.5 Å². The predicted octanol–water partition coefficient (Wildman–Crippen LogP) is 2.75. The fraction of sp³-hybridized carbons (Fsp3) is 0.238. The van der Waals surface area contributed by atoms with Gasteiger partial charge in [-0.05, 0) is 41.8 Å². The standard InChI is InChI=1S/C21H21N3O3/c1-26-19-8-3-6-16-12-17(14-27-20(16)19)21(25)22-13-15-5-2-7-18(11-15)24-10-4-9-23-24/h2-11,17H,12-14H2,1H3,(H,22,25)/t17-/m0/s1. The Hall–Kier alpha value is -3.28. The summed E-state index contributed by atoms with van der Waals surface area (Å²) < 4.78 is 12.9. The molecule has 0 fully saturated rings. The van der Waals surface area contributed by atoms with E-state index in [1.165, 1.54) is 0 Å². The maximum Gasteiger partial charge on any atom is 0.227 e. The minimum Gasteiger partial charge on any atom is -0.493 e. The fourth-order valence-corrected chi connectivity index (χ4v) is 3.29. The van der Waals surface area contributed by atoms with Gasteiger partial charge in [0.25, 0.3) is 0 Å². The topological polar surface area (TPSA) is 65.4 Å². The number of carbonyl (C=O) groups excluding carboxylic acids is 1. The molecule has 3 aromatic rings. The Morgan fingerprint density at radius 2 is 2.19 bits per heavy atom. The Bertz CT molecular complexity index is 938. The number of hydrogen-bond acceptors (Lipinski definition) is 4. The third kappa shape index (κ3) is 3.65. The number of nitrogens with zero attached hydrogens (tertiary/aromatic N) is 2. The summed E-state index contributed by atoms with van der Waals surface area (Å²) >= 11 is 0. The van der Waals surface area contributed by atoms with E-state index in [-0.39, 0.29) is 11.8 Å².